The van der Waals surface area contributed by atoms with Crippen molar-refractivity contribution in [2.45, 2.75) is 25.7 Å². The molecule has 4 nitrogen and oxygen atoms in total. The average Bonchev–Trinajstić information content (AvgIpc) is 2.95. The van der Waals surface area contributed by atoms with Gasteiger partial charge in [0.1, 0.15) is 10.7 Å². The Morgan fingerprint density at radius 2 is 2.00 bits per heavy atom. The predicted octanol–water partition coefficient (Wildman–Crippen LogP) is 3.11. The lowest BCUT2D eigenvalue weighted by atomic mass is 10.1. The Morgan fingerprint density at radius 3 is 2.50 bits per heavy atom. The fourth-order valence-corrected chi connectivity index (χ4v) is 2.48. The highest BCUT2D eigenvalue weighted by Gasteiger charge is 2.30. The van der Waals surface area contributed by atoms with Crippen LogP contribution in [0.25, 0.3) is 0 Å². The Kier molecular flexibility index (Phi) is 4.82. The van der Waals surface area contributed by atoms with Crippen molar-refractivity contribution in [2.75, 3.05) is 0 Å². The molecule has 3 N–H and O–H groups in total. The summed E-state index contributed by atoms with van der Waals surface area (Å²) in [5.41, 5.74) is 5.54. The summed E-state index contributed by atoms with van der Waals surface area (Å²) >= 11 is 1.28. The minimum atomic E-state index is -4.37. The third-order valence-electron chi connectivity index (χ3n) is 3.04. The first-order valence-electron chi connectivity index (χ1n) is 6.43. The van der Waals surface area contributed by atoms with Crippen molar-refractivity contribution in [2.24, 2.45) is 5.73 Å². The van der Waals surface area contributed by atoms with Crippen molar-refractivity contribution in [1.29, 1.82) is 0 Å². The number of aromatic nitrogens is 1. The molecule has 2 aromatic rings. The number of carbonyl (C=O) groups excluding carboxylic acids is 1. The van der Waals surface area contributed by atoms with Gasteiger partial charge in [-0.1, -0.05) is 12.1 Å². The molecule has 1 unspecified atom stereocenters. The van der Waals surface area contributed by atoms with Crippen LogP contribution in [0.1, 0.15) is 39.6 Å². The van der Waals surface area contributed by atoms with Gasteiger partial charge in [0, 0.05) is 11.9 Å². The first kappa shape index (κ1) is 16.4. The van der Waals surface area contributed by atoms with Gasteiger partial charge in [0.05, 0.1) is 11.6 Å². The second kappa shape index (κ2) is 6.45. The summed E-state index contributed by atoms with van der Waals surface area (Å²) < 4.78 is 37.5. The maximum Gasteiger partial charge on any atom is 0.416 e. The summed E-state index contributed by atoms with van der Waals surface area (Å²) in [6.45, 7) is 1.95. The Morgan fingerprint density at radius 1 is 1.36 bits per heavy atom. The first-order valence-corrected chi connectivity index (χ1v) is 7.31. The minimum Gasteiger partial charge on any atom is -0.344 e. The number of hydrogen-bond acceptors (Lipinski definition) is 4. The highest BCUT2D eigenvalue weighted by Crippen LogP contribution is 2.29. The maximum absolute atomic E-state index is 12.5. The van der Waals surface area contributed by atoms with Gasteiger partial charge in [0.2, 0.25) is 0 Å². The molecule has 118 valence electrons. The van der Waals surface area contributed by atoms with E-state index in [0.29, 0.717) is 10.6 Å². The number of thiazole rings is 1. The molecule has 1 aromatic heterocycles. The Bertz CT molecular complexity index is 652. The molecule has 8 heteroatoms. The van der Waals surface area contributed by atoms with Gasteiger partial charge in [-0.05, 0) is 24.6 Å². The van der Waals surface area contributed by atoms with Crippen molar-refractivity contribution in [1.82, 2.24) is 10.3 Å². The van der Waals surface area contributed by atoms with E-state index in [1.807, 2.05) is 0 Å². The van der Waals surface area contributed by atoms with Gasteiger partial charge in [-0.25, -0.2) is 4.98 Å². The number of hydrogen-bond donors (Lipinski definition) is 2. The van der Waals surface area contributed by atoms with E-state index in [-0.39, 0.29) is 18.1 Å². The zero-order valence-corrected chi connectivity index (χ0v) is 12.5. The van der Waals surface area contributed by atoms with Gasteiger partial charge in [-0.2, -0.15) is 13.2 Å². The predicted molar refractivity (Wildman–Crippen MR) is 77.3 cm³/mol. The monoisotopic (exact) mass is 329 g/mol. The van der Waals surface area contributed by atoms with Crippen LogP contribution in [0.5, 0.6) is 0 Å². The quantitative estimate of drug-likeness (QED) is 0.905. The topological polar surface area (TPSA) is 68.0 Å². The highest BCUT2D eigenvalue weighted by molar-refractivity contribution is 7.09. The van der Waals surface area contributed by atoms with Crippen LogP contribution in [0.2, 0.25) is 0 Å². The molecule has 1 aromatic carbocycles. The molecule has 0 saturated carbocycles. The van der Waals surface area contributed by atoms with E-state index in [4.69, 9.17) is 5.73 Å². The first-order chi connectivity index (χ1) is 10.3. The molecule has 1 atom stereocenters. The summed E-state index contributed by atoms with van der Waals surface area (Å²) in [6, 6.07) is 4.25. The standard InChI is InChI=1S/C14H14F3N3OS/c1-8(9-2-4-10(5-3-9)14(15,16)17)19-13(21)11-7-22-12(6-18)20-11/h2-5,7-8H,6,18H2,1H3,(H,19,21). The molecule has 0 spiro atoms. The van der Waals surface area contributed by atoms with E-state index >= 15 is 0 Å². The molecule has 0 fully saturated rings. The van der Waals surface area contributed by atoms with Crippen molar-refractivity contribution >= 4 is 17.2 Å². The molecule has 0 aliphatic carbocycles. The van der Waals surface area contributed by atoms with Gasteiger partial charge in [-0.15, -0.1) is 11.3 Å². The van der Waals surface area contributed by atoms with Gasteiger partial charge < -0.3 is 11.1 Å². The van der Waals surface area contributed by atoms with E-state index in [2.05, 4.69) is 10.3 Å². The average molecular weight is 329 g/mol. The Balaban J connectivity index is 2.05. The molecule has 2 rings (SSSR count). The molecule has 1 amide bonds. The lowest BCUT2D eigenvalue weighted by Gasteiger charge is -2.14. The summed E-state index contributed by atoms with van der Waals surface area (Å²) in [4.78, 5) is 16.1. The third-order valence-corrected chi connectivity index (χ3v) is 3.92. The fraction of sp³-hybridized carbons (Fsp3) is 0.286. The van der Waals surface area contributed by atoms with Crippen molar-refractivity contribution in [3.8, 4) is 0 Å². The van der Waals surface area contributed by atoms with E-state index in [9.17, 15) is 18.0 Å². The van der Waals surface area contributed by atoms with Crippen LogP contribution in [0.15, 0.2) is 29.6 Å². The number of amides is 1. The highest BCUT2D eigenvalue weighted by atomic mass is 32.1. The molecule has 1 heterocycles. The third kappa shape index (κ3) is 3.83. The number of nitrogens with two attached hydrogens (primary N) is 1. The molecule has 0 radical (unpaired) electrons. The van der Waals surface area contributed by atoms with Crippen LogP contribution in [0.4, 0.5) is 13.2 Å². The summed E-state index contributed by atoms with van der Waals surface area (Å²) in [5, 5.41) is 4.93. The summed E-state index contributed by atoms with van der Waals surface area (Å²) in [7, 11) is 0. The van der Waals surface area contributed by atoms with Gasteiger partial charge >= 0.3 is 6.18 Å². The fourth-order valence-electron chi connectivity index (χ4n) is 1.82. The Labute approximate surface area is 129 Å². The van der Waals surface area contributed by atoms with Crippen molar-refractivity contribution in [3.63, 3.8) is 0 Å². The van der Waals surface area contributed by atoms with Crippen LogP contribution in [0, 0.1) is 0 Å². The molecule has 0 aliphatic rings. The zero-order valence-electron chi connectivity index (χ0n) is 11.6. The second-order valence-electron chi connectivity index (χ2n) is 4.65. The smallest absolute Gasteiger partial charge is 0.344 e. The minimum absolute atomic E-state index is 0.254. The normalized spacial score (nSPS) is 13.0. The van der Waals surface area contributed by atoms with E-state index in [0.717, 1.165) is 12.1 Å². The van der Waals surface area contributed by atoms with Gasteiger partial charge in [0.15, 0.2) is 0 Å². The number of nitrogens with zero attached hydrogens (tertiary/aromatic N) is 1. The lowest BCUT2D eigenvalue weighted by Crippen LogP contribution is -2.27. The SMILES string of the molecule is CC(NC(=O)c1csc(CN)n1)c1ccc(C(F)(F)F)cc1. The van der Waals surface area contributed by atoms with Crippen LogP contribution in [-0.4, -0.2) is 10.9 Å². The molecule has 0 bridgehead atoms. The summed E-state index contributed by atoms with van der Waals surface area (Å²) in [6.07, 6.45) is -4.37. The molecule has 0 aliphatic heterocycles. The van der Waals surface area contributed by atoms with Crippen LogP contribution in [0.3, 0.4) is 0 Å². The number of alkyl halides is 3. The number of halogens is 3. The molecule has 0 saturated heterocycles. The number of benzene rings is 1. The molecular weight excluding hydrogens is 315 g/mol. The number of carbonyl (C=O) groups is 1. The van der Waals surface area contributed by atoms with Gasteiger partial charge in [0.25, 0.3) is 5.91 Å². The largest absolute Gasteiger partial charge is 0.416 e. The van der Waals surface area contributed by atoms with Gasteiger partial charge in [-0.3, -0.25) is 4.79 Å². The lowest BCUT2D eigenvalue weighted by molar-refractivity contribution is -0.137. The van der Waals surface area contributed by atoms with Crippen molar-refractivity contribution in [3.05, 3.63) is 51.5 Å². The molecule has 22 heavy (non-hydrogen) atoms. The maximum atomic E-state index is 12.5. The zero-order chi connectivity index (χ0) is 16.3. The number of rotatable bonds is 4. The van der Waals surface area contributed by atoms with E-state index < -0.39 is 17.8 Å². The van der Waals surface area contributed by atoms with Crippen molar-refractivity contribution < 1.29 is 18.0 Å². The number of nitrogens with one attached hydrogen (secondary N) is 1. The second-order valence-corrected chi connectivity index (χ2v) is 5.59. The van der Waals surface area contributed by atoms with Crippen LogP contribution < -0.4 is 11.1 Å². The van der Waals surface area contributed by atoms with Crippen LogP contribution >= 0.6 is 11.3 Å². The molecular formula is C14H14F3N3OS. The van der Waals surface area contributed by atoms with Crippen LogP contribution in [-0.2, 0) is 12.7 Å². The van der Waals surface area contributed by atoms with E-state index in [1.165, 1.54) is 23.5 Å². The Hall–Kier alpha value is -1.93. The van der Waals surface area contributed by atoms with E-state index in [1.54, 1.807) is 12.3 Å². The summed E-state index contributed by atoms with van der Waals surface area (Å²) in [5.74, 6) is -0.386.